The number of ether oxygens (including phenoxy) is 1. The van der Waals surface area contributed by atoms with E-state index in [2.05, 4.69) is 20.0 Å². The second kappa shape index (κ2) is 7.81. The van der Waals surface area contributed by atoms with Gasteiger partial charge in [-0.1, -0.05) is 11.2 Å². The molecule has 0 amide bonds. The molecule has 0 radical (unpaired) electrons. The molecule has 0 saturated heterocycles. The van der Waals surface area contributed by atoms with Crippen LogP contribution in [0.3, 0.4) is 0 Å². The third-order valence-corrected chi connectivity index (χ3v) is 3.81. The van der Waals surface area contributed by atoms with Crippen LogP contribution in [0.2, 0.25) is 0 Å². The lowest BCUT2D eigenvalue weighted by Gasteiger charge is -2.25. The van der Waals surface area contributed by atoms with Crippen molar-refractivity contribution in [3.8, 4) is 11.3 Å². The van der Waals surface area contributed by atoms with Crippen LogP contribution in [0, 0.1) is 0 Å². The summed E-state index contributed by atoms with van der Waals surface area (Å²) >= 11 is 0. The first-order valence-corrected chi connectivity index (χ1v) is 7.74. The van der Waals surface area contributed by atoms with Gasteiger partial charge in [0.15, 0.2) is 5.76 Å². The first kappa shape index (κ1) is 16.3. The number of pyridine rings is 2. The topological polar surface area (TPSA) is 64.3 Å². The largest absolute Gasteiger partial charge is 0.383 e. The molecule has 0 bridgehead atoms. The van der Waals surface area contributed by atoms with Crippen molar-refractivity contribution >= 4 is 0 Å². The molecule has 0 aliphatic heterocycles. The second-order valence-electron chi connectivity index (χ2n) is 5.56. The van der Waals surface area contributed by atoms with E-state index in [0.29, 0.717) is 13.2 Å². The number of methoxy groups -OCH3 is 1. The molecule has 0 saturated carbocycles. The highest BCUT2D eigenvalue weighted by Gasteiger charge is 2.20. The monoisotopic (exact) mass is 324 g/mol. The lowest BCUT2D eigenvalue weighted by atomic mass is 10.1. The zero-order valence-corrected chi connectivity index (χ0v) is 13.8. The molecule has 124 valence electrons. The Morgan fingerprint density at radius 2 is 2.12 bits per heavy atom. The van der Waals surface area contributed by atoms with Crippen molar-refractivity contribution in [2.45, 2.75) is 12.6 Å². The van der Waals surface area contributed by atoms with Crippen molar-refractivity contribution in [1.82, 2.24) is 20.0 Å². The fraction of sp³-hybridized carbons (Fsp3) is 0.278. The number of hydrogen-bond donors (Lipinski definition) is 0. The van der Waals surface area contributed by atoms with E-state index < -0.39 is 0 Å². The van der Waals surface area contributed by atoms with E-state index in [1.807, 2.05) is 43.4 Å². The van der Waals surface area contributed by atoms with Gasteiger partial charge >= 0.3 is 0 Å². The van der Waals surface area contributed by atoms with Crippen LogP contribution in [0.4, 0.5) is 0 Å². The zero-order valence-electron chi connectivity index (χ0n) is 13.8. The second-order valence-corrected chi connectivity index (χ2v) is 5.56. The molecule has 24 heavy (non-hydrogen) atoms. The van der Waals surface area contributed by atoms with E-state index in [1.165, 1.54) is 0 Å². The number of rotatable bonds is 7. The average Bonchev–Trinajstić information content (AvgIpc) is 3.09. The van der Waals surface area contributed by atoms with Gasteiger partial charge in [0, 0.05) is 37.3 Å². The third-order valence-electron chi connectivity index (χ3n) is 3.81. The van der Waals surface area contributed by atoms with Crippen LogP contribution in [-0.2, 0) is 11.3 Å². The van der Waals surface area contributed by atoms with E-state index in [4.69, 9.17) is 9.26 Å². The molecule has 3 aromatic rings. The summed E-state index contributed by atoms with van der Waals surface area (Å²) in [4.78, 5) is 10.7. The summed E-state index contributed by atoms with van der Waals surface area (Å²) in [5.41, 5.74) is 2.69. The van der Waals surface area contributed by atoms with Crippen LogP contribution in [0.5, 0.6) is 0 Å². The Kier molecular flexibility index (Phi) is 5.30. The Hall–Kier alpha value is -2.57. The highest BCUT2D eigenvalue weighted by molar-refractivity contribution is 5.57. The summed E-state index contributed by atoms with van der Waals surface area (Å²) in [6, 6.07) is 11.7. The van der Waals surface area contributed by atoms with Gasteiger partial charge in [-0.2, -0.15) is 0 Å². The van der Waals surface area contributed by atoms with Crippen LogP contribution in [0.15, 0.2) is 59.5 Å². The molecular formula is C18H20N4O2. The maximum absolute atomic E-state index is 5.47. The smallest absolute Gasteiger partial charge is 0.151 e. The van der Waals surface area contributed by atoms with Crippen molar-refractivity contribution in [2.75, 3.05) is 20.8 Å². The van der Waals surface area contributed by atoms with Gasteiger partial charge in [-0.05, 0) is 31.3 Å². The van der Waals surface area contributed by atoms with Crippen molar-refractivity contribution in [3.05, 3.63) is 66.4 Å². The van der Waals surface area contributed by atoms with Crippen LogP contribution >= 0.6 is 0 Å². The predicted octanol–water partition coefficient (Wildman–Crippen LogP) is 2.95. The molecule has 6 heteroatoms. The van der Waals surface area contributed by atoms with Crippen molar-refractivity contribution in [2.24, 2.45) is 0 Å². The molecule has 3 heterocycles. The fourth-order valence-electron chi connectivity index (χ4n) is 2.56. The SMILES string of the molecule is COC[C@@H](c1ccccn1)N(C)Cc1cc(-c2cccnc2)no1. The Morgan fingerprint density at radius 3 is 2.83 bits per heavy atom. The van der Waals surface area contributed by atoms with Gasteiger partial charge in [0.05, 0.1) is 24.9 Å². The predicted molar refractivity (Wildman–Crippen MR) is 90.1 cm³/mol. The quantitative estimate of drug-likeness (QED) is 0.666. The number of nitrogens with zero attached hydrogens (tertiary/aromatic N) is 4. The number of likely N-dealkylation sites (N-methyl/N-ethyl adjacent to an activating group) is 1. The Balaban J connectivity index is 1.73. The minimum atomic E-state index is 0.0446. The fourth-order valence-corrected chi connectivity index (χ4v) is 2.56. The van der Waals surface area contributed by atoms with Crippen molar-refractivity contribution in [3.63, 3.8) is 0 Å². The molecule has 0 spiro atoms. The number of aromatic nitrogens is 3. The van der Waals surface area contributed by atoms with E-state index in [-0.39, 0.29) is 6.04 Å². The van der Waals surface area contributed by atoms with Gasteiger partial charge in [0.2, 0.25) is 0 Å². The summed E-state index contributed by atoms with van der Waals surface area (Å²) in [6.07, 6.45) is 5.30. The molecule has 3 aromatic heterocycles. The maximum atomic E-state index is 5.47. The van der Waals surface area contributed by atoms with E-state index in [1.54, 1.807) is 25.7 Å². The minimum absolute atomic E-state index is 0.0446. The molecule has 0 fully saturated rings. The van der Waals surface area contributed by atoms with Gasteiger partial charge in [0.25, 0.3) is 0 Å². The minimum Gasteiger partial charge on any atom is -0.383 e. The molecule has 0 aliphatic rings. The molecule has 0 N–H and O–H groups in total. The van der Waals surface area contributed by atoms with Gasteiger partial charge in [-0.25, -0.2) is 0 Å². The Morgan fingerprint density at radius 1 is 1.21 bits per heavy atom. The Bertz CT molecular complexity index is 746. The summed E-state index contributed by atoms with van der Waals surface area (Å²) < 4.78 is 10.8. The maximum Gasteiger partial charge on any atom is 0.151 e. The number of hydrogen-bond acceptors (Lipinski definition) is 6. The summed E-state index contributed by atoms with van der Waals surface area (Å²) in [7, 11) is 3.71. The van der Waals surface area contributed by atoms with Crippen molar-refractivity contribution < 1.29 is 9.26 Å². The molecule has 0 unspecified atom stereocenters. The van der Waals surface area contributed by atoms with Crippen molar-refractivity contribution in [1.29, 1.82) is 0 Å². The van der Waals surface area contributed by atoms with Crippen LogP contribution in [0.25, 0.3) is 11.3 Å². The highest BCUT2D eigenvalue weighted by atomic mass is 16.5. The van der Waals surface area contributed by atoms with E-state index in [9.17, 15) is 0 Å². The van der Waals surface area contributed by atoms with E-state index in [0.717, 1.165) is 22.7 Å². The van der Waals surface area contributed by atoms with Crippen LogP contribution in [0.1, 0.15) is 17.5 Å². The van der Waals surface area contributed by atoms with Crippen LogP contribution in [-0.4, -0.2) is 40.8 Å². The lowest BCUT2D eigenvalue weighted by Crippen LogP contribution is -2.28. The molecule has 1 atom stereocenters. The van der Waals surface area contributed by atoms with Gasteiger partial charge < -0.3 is 9.26 Å². The molecule has 3 rings (SSSR count). The van der Waals surface area contributed by atoms with Crippen LogP contribution < -0.4 is 0 Å². The average molecular weight is 324 g/mol. The highest BCUT2D eigenvalue weighted by Crippen LogP contribution is 2.22. The Labute approximate surface area is 141 Å². The molecule has 6 nitrogen and oxygen atoms in total. The summed E-state index contributed by atoms with van der Waals surface area (Å²) in [5.74, 6) is 0.786. The van der Waals surface area contributed by atoms with Gasteiger partial charge in [-0.15, -0.1) is 0 Å². The summed E-state index contributed by atoms with van der Waals surface area (Å²) in [6.45, 7) is 1.16. The summed E-state index contributed by atoms with van der Waals surface area (Å²) in [5, 5.41) is 4.13. The molecular weight excluding hydrogens is 304 g/mol. The van der Waals surface area contributed by atoms with Gasteiger partial charge in [-0.3, -0.25) is 14.9 Å². The lowest BCUT2D eigenvalue weighted by molar-refractivity contribution is 0.0944. The van der Waals surface area contributed by atoms with Gasteiger partial charge in [0.1, 0.15) is 5.69 Å². The normalized spacial score (nSPS) is 12.5. The first-order valence-electron chi connectivity index (χ1n) is 7.74. The molecule has 0 aromatic carbocycles. The zero-order chi connectivity index (χ0) is 16.8. The third kappa shape index (κ3) is 3.84. The van der Waals surface area contributed by atoms with E-state index >= 15 is 0 Å². The standard InChI is InChI=1S/C18H20N4O2/c1-22(18(13-23-2)16-7-3-4-9-20-16)12-15-10-17(21-24-15)14-6-5-8-19-11-14/h3-11,18H,12-13H2,1-2H3/t18-/m0/s1. The first-order chi connectivity index (χ1) is 11.8. The molecule has 0 aliphatic carbocycles.